The number of hydrogen-bond acceptors (Lipinski definition) is 0. The topological polar surface area (TPSA) is 0 Å². The van der Waals surface area contributed by atoms with Crippen molar-refractivity contribution >= 4 is 27.3 Å². The molecule has 0 N–H and O–H groups in total. The highest BCUT2D eigenvalue weighted by Gasteiger charge is 2.38. The Morgan fingerprint density at radius 3 is 2.00 bits per heavy atom. The molecule has 0 unspecified atom stereocenters. The lowest BCUT2D eigenvalue weighted by Crippen LogP contribution is -2.44. The van der Waals surface area contributed by atoms with Gasteiger partial charge in [0.2, 0.25) is 0 Å². The molecule has 0 amide bonds. The molecular weight excluding hydrogens is 140 g/mol. The van der Waals surface area contributed by atoms with Crippen LogP contribution in [0, 0.1) is 0 Å². The van der Waals surface area contributed by atoms with Gasteiger partial charge >= 0.3 is 0 Å². The van der Waals surface area contributed by atoms with E-state index in [4.69, 9.17) is 11.1 Å². The van der Waals surface area contributed by atoms with Crippen LogP contribution in [0.2, 0.25) is 24.4 Å². The van der Waals surface area contributed by atoms with E-state index < -0.39 is 7.38 Å². The molecule has 0 radical (unpaired) electrons. The van der Waals surface area contributed by atoms with Gasteiger partial charge in [-0.15, -0.1) is 0 Å². The van der Waals surface area contributed by atoms with Crippen LogP contribution in [0.4, 0.5) is 0 Å². The van der Waals surface area contributed by atoms with E-state index in [0.29, 0.717) is 0 Å². The molecule has 0 spiro atoms. The Kier molecular flexibility index (Phi) is 1.34. The Balaban J connectivity index is 2.29. The summed E-state index contributed by atoms with van der Waals surface area (Å²) in [5.41, 5.74) is 2.96. The van der Waals surface area contributed by atoms with Gasteiger partial charge in [0.25, 0.3) is 0 Å². The average Bonchev–Trinajstić information content (AvgIpc) is 1.27. The molecule has 0 nitrogen and oxygen atoms in total. The second-order valence-corrected chi connectivity index (χ2v) is 14.0. The van der Waals surface area contributed by atoms with Gasteiger partial charge in [-0.1, -0.05) is 24.4 Å². The lowest BCUT2D eigenvalue weighted by Gasteiger charge is -2.34. The molecule has 1 fully saturated rings. The van der Waals surface area contributed by atoms with Crippen LogP contribution in [0.25, 0.3) is 0 Å². The van der Waals surface area contributed by atoms with Crippen LogP contribution in [0.1, 0.15) is 0 Å². The van der Waals surface area contributed by atoms with E-state index in [1.165, 1.54) is 11.3 Å². The molecule has 1 aliphatic heterocycles. The molecule has 1 aliphatic rings. The maximum Gasteiger partial charge on any atom is 0.147 e. The molecule has 0 bridgehead atoms. The van der Waals surface area contributed by atoms with Gasteiger partial charge in [-0.3, -0.25) is 0 Å². The maximum atomic E-state index is 6.07. The Bertz CT molecular complexity index is 73.8. The van der Waals surface area contributed by atoms with Gasteiger partial charge in [0.15, 0.2) is 0 Å². The summed E-state index contributed by atoms with van der Waals surface area (Å²) in [5.74, 6) is 0. The minimum absolute atomic E-state index is 0.164. The minimum Gasteiger partial charge on any atom is -0.168 e. The summed E-state index contributed by atoms with van der Waals surface area (Å²) in [6.45, 7) is 4.69. The van der Waals surface area contributed by atoms with Crippen molar-refractivity contribution in [1.29, 1.82) is 0 Å². The van der Waals surface area contributed by atoms with Gasteiger partial charge in [0.1, 0.15) is 7.38 Å². The summed E-state index contributed by atoms with van der Waals surface area (Å²) < 4.78 is 0. The van der Waals surface area contributed by atoms with Gasteiger partial charge in [-0.05, 0) is 0 Å². The summed E-state index contributed by atoms with van der Waals surface area (Å²) in [5, 5.41) is 0. The van der Waals surface area contributed by atoms with Crippen molar-refractivity contribution in [2.75, 3.05) is 0 Å². The Hall–Kier alpha value is 0.724. The molecule has 1 heterocycles. The van der Waals surface area contributed by atoms with Crippen LogP contribution in [-0.4, -0.2) is 16.2 Å². The third-order valence-corrected chi connectivity index (χ3v) is 16.7. The summed E-state index contributed by atoms with van der Waals surface area (Å²) in [6, 6.07) is 0. The minimum atomic E-state index is -0.980. The molecule has 3 heteroatoms. The van der Waals surface area contributed by atoms with E-state index >= 15 is 0 Å². The van der Waals surface area contributed by atoms with Gasteiger partial charge < -0.3 is 0 Å². The lowest BCUT2D eigenvalue weighted by molar-refractivity contribution is 1.49. The third-order valence-electron chi connectivity index (χ3n) is 1.55. The van der Waals surface area contributed by atoms with E-state index in [2.05, 4.69) is 13.1 Å². The van der Waals surface area contributed by atoms with Crippen molar-refractivity contribution in [3.63, 3.8) is 0 Å². The highest BCUT2D eigenvalue weighted by Crippen LogP contribution is 2.34. The second kappa shape index (κ2) is 1.60. The Labute approximate surface area is 52.2 Å². The summed E-state index contributed by atoms with van der Waals surface area (Å²) in [6.07, 6.45) is 0. The SMILES string of the molecule is C[SiH]1C[Si](C)(Cl)C1. The van der Waals surface area contributed by atoms with Crippen LogP contribution in [0.3, 0.4) is 0 Å². The van der Waals surface area contributed by atoms with Crippen LogP contribution >= 0.6 is 11.1 Å². The summed E-state index contributed by atoms with van der Waals surface area (Å²) in [4.78, 5) is 0. The van der Waals surface area contributed by atoms with E-state index in [-0.39, 0.29) is 8.80 Å². The van der Waals surface area contributed by atoms with Gasteiger partial charge in [-0.2, -0.15) is 11.1 Å². The van der Waals surface area contributed by atoms with Crippen LogP contribution < -0.4 is 0 Å². The molecule has 0 aromatic carbocycles. The second-order valence-electron chi connectivity index (χ2n) is 2.93. The third kappa shape index (κ3) is 1.30. The average molecular weight is 151 g/mol. The van der Waals surface area contributed by atoms with Crippen molar-refractivity contribution in [2.45, 2.75) is 24.4 Å². The highest BCUT2D eigenvalue weighted by atomic mass is 35.6. The summed E-state index contributed by atoms with van der Waals surface area (Å²) >= 11 is 6.07. The molecule has 1 rings (SSSR count). The van der Waals surface area contributed by atoms with Crippen molar-refractivity contribution < 1.29 is 0 Å². The zero-order chi connectivity index (χ0) is 5.49. The molecule has 42 valence electrons. The maximum absolute atomic E-state index is 6.07. The van der Waals surface area contributed by atoms with Crippen LogP contribution in [0.15, 0.2) is 0 Å². The molecule has 0 aliphatic carbocycles. The van der Waals surface area contributed by atoms with Gasteiger partial charge in [0.05, 0.1) is 0 Å². The van der Waals surface area contributed by atoms with Crippen molar-refractivity contribution in [3.05, 3.63) is 0 Å². The van der Waals surface area contributed by atoms with E-state index in [9.17, 15) is 0 Å². The Morgan fingerprint density at radius 2 is 2.00 bits per heavy atom. The zero-order valence-corrected chi connectivity index (χ0v) is 7.78. The molecule has 7 heavy (non-hydrogen) atoms. The van der Waals surface area contributed by atoms with Crippen molar-refractivity contribution in [1.82, 2.24) is 0 Å². The predicted octanol–water partition coefficient (Wildman–Crippen LogP) is 1.75. The fraction of sp³-hybridized carbons (Fsp3) is 1.00. The van der Waals surface area contributed by atoms with Crippen molar-refractivity contribution in [2.24, 2.45) is 0 Å². The quantitative estimate of drug-likeness (QED) is 0.365. The Morgan fingerprint density at radius 1 is 1.57 bits per heavy atom. The fourth-order valence-corrected chi connectivity index (χ4v) is 17.3. The molecule has 1 saturated heterocycles. The number of hydrogen-bond donors (Lipinski definition) is 0. The first kappa shape index (κ1) is 5.85. The first-order valence-corrected chi connectivity index (χ1v) is 9.50. The first-order chi connectivity index (χ1) is 3.10. The van der Waals surface area contributed by atoms with Gasteiger partial charge in [-0.25, -0.2) is 0 Å². The molecule has 0 saturated carbocycles. The van der Waals surface area contributed by atoms with Crippen LogP contribution in [0.5, 0.6) is 0 Å². The van der Waals surface area contributed by atoms with Crippen LogP contribution in [-0.2, 0) is 0 Å². The molecule has 0 atom stereocenters. The fourth-order valence-electron chi connectivity index (χ4n) is 1.39. The molecular formula is C4H11ClSi2. The number of halogens is 1. The normalized spacial score (nSPS) is 51.0. The lowest BCUT2D eigenvalue weighted by atomic mass is 11.7. The van der Waals surface area contributed by atoms with E-state index in [0.717, 1.165) is 0 Å². The first-order valence-electron chi connectivity index (χ1n) is 2.79. The highest BCUT2D eigenvalue weighted by molar-refractivity contribution is 7.31. The molecule has 0 aromatic heterocycles. The summed E-state index contributed by atoms with van der Waals surface area (Å²) in [7, 11) is -1.14. The van der Waals surface area contributed by atoms with E-state index in [1.54, 1.807) is 0 Å². The monoisotopic (exact) mass is 150 g/mol. The van der Waals surface area contributed by atoms with Crippen molar-refractivity contribution in [3.8, 4) is 0 Å². The smallest absolute Gasteiger partial charge is 0.147 e. The molecule has 0 aromatic rings. The predicted molar refractivity (Wildman–Crippen MR) is 40.1 cm³/mol. The standard InChI is InChI=1S/C4H11ClSi2/c1-6-3-7(2,5)4-6/h6H,3-4H2,1-2H3. The van der Waals surface area contributed by atoms with Gasteiger partial charge in [0, 0.05) is 8.80 Å². The van der Waals surface area contributed by atoms with E-state index in [1.807, 2.05) is 0 Å². The zero-order valence-electron chi connectivity index (χ0n) is 4.87. The largest absolute Gasteiger partial charge is 0.168 e. The number of rotatable bonds is 0.